The number of carbonyl (C=O) groups is 1. The van der Waals surface area contributed by atoms with E-state index in [4.69, 9.17) is 16.3 Å². The monoisotopic (exact) mass is 397 g/mol. The highest BCUT2D eigenvalue weighted by Gasteiger charge is 2.13. The minimum absolute atomic E-state index is 0.103. The second kappa shape index (κ2) is 7.28. The number of benzene rings is 2. The maximum Gasteiger partial charge on any atom is 0.248 e. The van der Waals surface area contributed by atoms with Crippen LogP contribution in [0.2, 0.25) is 5.02 Å². The van der Waals surface area contributed by atoms with Gasteiger partial charge in [0.15, 0.2) is 0 Å². The average Bonchev–Trinajstić information content (AvgIpc) is 3.26. The lowest BCUT2D eigenvalue weighted by molar-refractivity contribution is -0.117. The van der Waals surface area contributed by atoms with Crippen LogP contribution in [0.4, 0.5) is 5.69 Å². The largest absolute Gasteiger partial charge is 0.495 e. The Morgan fingerprint density at radius 3 is 2.96 bits per heavy atom. The van der Waals surface area contributed by atoms with Gasteiger partial charge in [0.25, 0.3) is 0 Å². The normalized spacial score (nSPS) is 11.0. The molecule has 2 N–H and O–H groups in total. The highest BCUT2D eigenvalue weighted by Crippen LogP contribution is 2.27. The molecule has 0 bridgehead atoms. The van der Waals surface area contributed by atoms with Gasteiger partial charge in [0.1, 0.15) is 18.1 Å². The van der Waals surface area contributed by atoms with Crippen LogP contribution in [0.15, 0.2) is 36.4 Å². The molecular weight excluding hydrogens is 382 g/mol. The lowest BCUT2D eigenvalue weighted by Gasteiger charge is -2.10. The third kappa shape index (κ3) is 3.65. The van der Waals surface area contributed by atoms with Crippen molar-refractivity contribution in [2.24, 2.45) is 0 Å². The molecule has 1 amide bonds. The molecule has 0 fully saturated rings. The van der Waals surface area contributed by atoms with E-state index in [1.807, 2.05) is 25.1 Å². The summed E-state index contributed by atoms with van der Waals surface area (Å²) in [6.45, 7) is 1.79. The summed E-state index contributed by atoms with van der Waals surface area (Å²) in [5.74, 6) is 1.43. The van der Waals surface area contributed by atoms with E-state index in [9.17, 15) is 4.79 Å². The third-order valence-electron chi connectivity index (χ3n) is 4.03. The number of anilines is 1. The summed E-state index contributed by atoms with van der Waals surface area (Å²) in [7, 11) is 1.52. The topological polar surface area (TPSA) is 111 Å². The van der Waals surface area contributed by atoms with Crippen molar-refractivity contribution >= 4 is 34.2 Å². The highest BCUT2D eigenvalue weighted by molar-refractivity contribution is 6.31. The van der Waals surface area contributed by atoms with Gasteiger partial charge in [0.05, 0.1) is 23.8 Å². The molecule has 0 spiro atoms. The number of amides is 1. The molecule has 0 saturated carbocycles. The van der Waals surface area contributed by atoms with Gasteiger partial charge >= 0.3 is 0 Å². The molecule has 28 heavy (non-hydrogen) atoms. The summed E-state index contributed by atoms with van der Waals surface area (Å²) in [4.78, 5) is 21.1. The zero-order valence-corrected chi connectivity index (χ0v) is 15.9. The number of H-pyrrole nitrogens is 1. The molecule has 2 heterocycles. The lowest BCUT2D eigenvalue weighted by Crippen LogP contribution is -2.20. The summed E-state index contributed by atoms with van der Waals surface area (Å²) in [6, 6.07) is 10.6. The average molecular weight is 398 g/mol. The van der Waals surface area contributed by atoms with Crippen LogP contribution in [-0.2, 0) is 11.3 Å². The number of aryl methyl sites for hydroxylation is 1. The zero-order valence-electron chi connectivity index (χ0n) is 15.1. The Hall–Kier alpha value is -3.46. The maximum atomic E-state index is 12.3. The Bertz CT molecular complexity index is 1170. The van der Waals surface area contributed by atoms with E-state index in [0.29, 0.717) is 22.3 Å². The van der Waals surface area contributed by atoms with Gasteiger partial charge in [-0.25, -0.2) is 4.98 Å². The summed E-state index contributed by atoms with van der Waals surface area (Å²) >= 11 is 5.98. The minimum atomic E-state index is -0.329. The number of tetrazole rings is 1. The first-order valence-electron chi connectivity index (χ1n) is 8.40. The zero-order chi connectivity index (χ0) is 19.7. The molecule has 4 rings (SSSR count). The van der Waals surface area contributed by atoms with Crippen molar-refractivity contribution in [3.63, 3.8) is 0 Å². The van der Waals surface area contributed by atoms with E-state index in [-0.39, 0.29) is 12.5 Å². The van der Waals surface area contributed by atoms with Gasteiger partial charge in [0, 0.05) is 10.6 Å². The van der Waals surface area contributed by atoms with Crippen molar-refractivity contribution in [3.05, 3.63) is 47.2 Å². The van der Waals surface area contributed by atoms with Crippen LogP contribution >= 0.6 is 11.6 Å². The lowest BCUT2D eigenvalue weighted by atomic mass is 10.2. The SMILES string of the molecule is COc1ccc(Cl)cc1NC(=O)Cn1nnc(-c2ccc3nc(C)[nH]c3c2)n1. The van der Waals surface area contributed by atoms with Gasteiger partial charge in [-0.1, -0.05) is 11.6 Å². The molecule has 0 radical (unpaired) electrons. The maximum absolute atomic E-state index is 12.3. The standard InChI is InChI=1S/C18H16ClN7O2/c1-10-20-13-5-3-11(7-14(13)21-10)18-23-25-26(24-18)9-17(27)22-15-8-12(19)4-6-16(15)28-2/h3-8H,9H2,1-2H3,(H,20,21)(H,22,27). The Balaban J connectivity index is 1.49. The first-order chi connectivity index (χ1) is 13.5. The summed E-state index contributed by atoms with van der Waals surface area (Å²) in [5.41, 5.74) is 3.00. The predicted octanol–water partition coefficient (Wildman–Crippen LogP) is 2.83. The molecule has 0 aliphatic carbocycles. The molecule has 0 aliphatic rings. The number of imidazole rings is 1. The molecule has 10 heteroatoms. The summed E-state index contributed by atoms with van der Waals surface area (Å²) in [6.07, 6.45) is 0. The van der Waals surface area contributed by atoms with Gasteiger partial charge in [0.2, 0.25) is 11.7 Å². The van der Waals surface area contributed by atoms with Gasteiger partial charge in [-0.2, -0.15) is 4.80 Å². The van der Waals surface area contributed by atoms with Crippen LogP contribution in [-0.4, -0.2) is 43.2 Å². The number of aromatic amines is 1. The second-order valence-electron chi connectivity index (χ2n) is 6.09. The summed E-state index contributed by atoms with van der Waals surface area (Å²) < 4.78 is 5.22. The van der Waals surface area contributed by atoms with E-state index in [2.05, 4.69) is 30.7 Å². The predicted molar refractivity (Wildman–Crippen MR) is 104 cm³/mol. The molecule has 2 aromatic carbocycles. The Labute approximate surface area is 164 Å². The second-order valence-corrected chi connectivity index (χ2v) is 6.53. The fraction of sp³-hybridized carbons (Fsp3) is 0.167. The first-order valence-corrected chi connectivity index (χ1v) is 8.77. The van der Waals surface area contributed by atoms with Crippen LogP contribution in [0.1, 0.15) is 5.82 Å². The van der Waals surface area contributed by atoms with Crippen LogP contribution in [0.3, 0.4) is 0 Å². The van der Waals surface area contributed by atoms with Gasteiger partial charge in [-0.05, 0) is 48.5 Å². The molecule has 0 unspecified atom stereocenters. The molecular formula is C18H16ClN7O2. The smallest absolute Gasteiger partial charge is 0.248 e. The number of halogens is 1. The van der Waals surface area contributed by atoms with Crippen LogP contribution in [0.5, 0.6) is 5.75 Å². The molecule has 2 aromatic heterocycles. The van der Waals surface area contributed by atoms with Crippen molar-refractivity contribution in [2.45, 2.75) is 13.5 Å². The Morgan fingerprint density at radius 1 is 1.29 bits per heavy atom. The van der Waals surface area contributed by atoms with Gasteiger partial charge in [-0.15, -0.1) is 10.2 Å². The fourth-order valence-corrected chi connectivity index (χ4v) is 2.97. The third-order valence-corrected chi connectivity index (χ3v) is 4.27. The van der Waals surface area contributed by atoms with E-state index >= 15 is 0 Å². The van der Waals surface area contributed by atoms with Gasteiger partial charge < -0.3 is 15.0 Å². The van der Waals surface area contributed by atoms with Gasteiger partial charge in [-0.3, -0.25) is 4.79 Å². The molecule has 9 nitrogen and oxygen atoms in total. The number of fused-ring (bicyclic) bond motifs is 1. The quantitative estimate of drug-likeness (QED) is 0.535. The number of methoxy groups -OCH3 is 1. The number of hydrogen-bond acceptors (Lipinski definition) is 6. The van der Waals surface area contributed by atoms with Crippen LogP contribution in [0.25, 0.3) is 22.4 Å². The molecule has 4 aromatic rings. The minimum Gasteiger partial charge on any atom is -0.495 e. The highest BCUT2D eigenvalue weighted by atomic mass is 35.5. The number of hydrogen-bond donors (Lipinski definition) is 2. The van der Waals surface area contributed by atoms with Crippen molar-refractivity contribution in [1.82, 2.24) is 30.2 Å². The number of aromatic nitrogens is 6. The number of nitrogens with zero attached hydrogens (tertiary/aromatic N) is 5. The molecule has 0 atom stereocenters. The van der Waals surface area contributed by atoms with Crippen molar-refractivity contribution < 1.29 is 9.53 Å². The fourth-order valence-electron chi connectivity index (χ4n) is 2.80. The van der Waals surface area contributed by atoms with E-state index < -0.39 is 0 Å². The first kappa shape index (κ1) is 17.9. The number of ether oxygens (including phenoxy) is 1. The number of carbonyl (C=O) groups excluding carboxylic acids is 1. The Kier molecular flexibility index (Phi) is 4.66. The number of nitrogens with one attached hydrogen (secondary N) is 2. The van der Waals surface area contributed by atoms with Crippen molar-refractivity contribution in [3.8, 4) is 17.1 Å². The number of rotatable bonds is 5. The van der Waals surface area contributed by atoms with Crippen LogP contribution in [0, 0.1) is 6.92 Å². The van der Waals surface area contributed by atoms with E-state index in [1.165, 1.54) is 11.9 Å². The molecule has 142 valence electrons. The molecule has 0 aliphatic heterocycles. The Morgan fingerprint density at radius 2 is 2.14 bits per heavy atom. The summed E-state index contributed by atoms with van der Waals surface area (Å²) in [5, 5.41) is 15.5. The van der Waals surface area contributed by atoms with E-state index in [0.717, 1.165) is 22.4 Å². The van der Waals surface area contributed by atoms with Crippen molar-refractivity contribution in [2.75, 3.05) is 12.4 Å². The molecule has 0 saturated heterocycles. The van der Waals surface area contributed by atoms with E-state index in [1.54, 1.807) is 18.2 Å². The van der Waals surface area contributed by atoms with Crippen molar-refractivity contribution in [1.29, 1.82) is 0 Å². The van der Waals surface area contributed by atoms with Crippen LogP contribution < -0.4 is 10.1 Å².